The van der Waals surface area contributed by atoms with Crippen molar-refractivity contribution in [1.29, 1.82) is 0 Å². The van der Waals surface area contributed by atoms with Crippen molar-refractivity contribution in [3.63, 3.8) is 0 Å². The van der Waals surface area contributed by atoms with Gasteiger partial charge in [-0.25, -0.2) is 4.98 Å². The SMILES string of the molecule is Cc1nc(C)nc(NC2CCCCCC2)n1. The molecule has 1 aliphatic carbocycles. The third-order valence-corrected chi connectivity index (χ3v) is 3.05. The number of nitrogens with one attached hydrogen (secondary N) is 1. The molecule has 2 rings (SSSR count). The highest BCUT2D eigenvalue weighted by Crippen LogP contribution is 2.19. The van der Waals surface area contributed by atoms with Crippen LogP contribution in [-0.2, 0) is 0 Å². The van der Waals surface area contributed by atoms with Crippen LogP contribution in [0.1, 0.15) is 50.2 Å². The lowest BCUT2D eigenvalue weighted by atomic mass is 10.1. The van der Waals surface area contributed by atoms with E-state index in [-0.39, 0.29) is 0 Å². The number of aryl methyl sites for hydroxylation is 2. The minimum absolute atomic E-state index is 0.545. The fourth-order valence-corrected chi connectivity index (χ4v) is 2.29. The van der Waals surface area contributed by atoms with Gasteiger partial charge in [-0.05, 0) is 26.7 Å². The van der Waals surface area contributed by atoms with E-state index in [0.29, 0.717) is 6.04 Å². The van der Waals surface area contributed by atoms with Crippen molar-refractivity contribution in [2.75, 3.05) is 5.32 Å². The van der Waals surface area contributed by atoms with Crippen molar-refractivity contribution < 1.29 is 0 Å². The molecule has 4 heteroatoms. The molecule has 1 fully saturated rings. The second kappa shape index (κ2) is 5.23. The lowest BCUT2D eigenvalue weighted by Crippen LogP contribution is -2.20. The summed E-state index contributed by atoms with van der Waals surface area (Å²) in [6.45, 7) is 3.82. The van der Waals surface area contributed by atoms with Gasteiger partial charge in [0, 0.05) is 6.04 Å². The van der Waals surface area contributed by atoms with E-state index in [9.17, 15) is 0 Å². The molecule has 1 saturated carbocycles. The molecular formula is C12H20N4. The van der Waals surface area contributed by atoms with Crippen LogP contribution in [0, 0.1) is 13.8 Å². The van der Waals surface area contributed by atoms with Crippen LogP contribution < -0.4 is 5.32 Å². The number of anilines is 1. The Morgan fingerprint density at radius 2 is 1.44 bits per heavy atom. The lowest BCUT2D eigenvalue weighted by molar-refractivity contribution is 0.613. The van der Waals surface area contributed by atoms with Crippen molar-refractivity contribution in [3.05, 3.63) is 11.6 Å². The standard InChI is InChI=1S/C12H20N4/c1-9-13-10(2)15-12(14-9)16-11-7-5-3-4-6-8-11/h11H,3-8H2,1-2H3,(H,13,14,15,16). The van der Waals surface area contributed by atoms with Gasteiger partial charge in [0.25, 0.3) is 0 Å². The third-order valence-electron chi connectivity index (χ3n) is 3.05. The summed E-state index contributed by atoms with van der Waals surface area (Å²) in [5, 5.41) is 3.44. The van der Waals surface area contributed by atoms with Crippen LogP contribution in [0.25, 0.3) is 0 Å². The Morgan fingerprint density at radius 3 is 2.00 bits per heavy atom. The van der Waals surface area contributed by atoms with E-state index in [1.165, 1.54) is 38.5 Å². The van der Waals surface area contributed by atoms with E-state index in [4.69, 9.17) is 0 Å². The molecule has 1 heterocycles. The van der Waals surface area contributed by atoms with E-state index in [1.807, 2.05) is 13.8 Å². The molecule has 1 aromatic rings. The van der Waals surface area contributed by atoms with E-state index < -0.39 is 0 Å². The van der Waals surface area contributed by atoms with Crippen LogP contribution in [0.2, 0.25) is 0 Å². The largest absolute Gasteiger partial charge is 0.351 e. The van der Waals surface area contributed by atoms with Crippen molar-refractivity contribution in [1.82, 2.24) is 15.0 Å². The molecule has 16 heavy (non-hydrogen) atoms. The molecule has 4 nitrogen and oxygen atoms in total. The van der Waals surface area contributed by atoms with Crippen molar-refractivity contribution in [2.45, 2.75) is 58.4 Å². The number of hydrogen-bond donors (Lipinski definition) is 1. The van der Waals surface area contributed by atoms with E-state index in [1.54, 1.807) is 0 Å². The van der Waals surface area contributed by atoms with Gasteiger partial charge in [-0.3, -0.25) is 0 Å². The van der Waals surface area contributed by atoms with Crippen LogP contribution in [0.4, 0.5) is 5.95 Å². The lowest BCUT2D eigenvalue weighted by Gasteiger charge is -2.16. The Balaban J connectivity index is 2.01. The Kier molecular flexibility index (Phi) is 3.70. The average Bonchev–Trinajstić information content (AvgIpc) is 2.44. The Hall–Kier alpha value is -1.19. The molecule has 1 aromatic heterocycles. The minimum Gasteiger partial charge on any atom is -0.351 e. The van der Waals surface area contributed by atoms with Gasteiger partial charge in [0.15, 0.2) is 0 Å². The Bertz CT molecular complexity index is 323. The summed E-state index contributed by atoms with van der Waals surface area (Å²) in [5.74, 6) is 2.34. The minimum atomic E-state index is 0.545. The van der Waals surface area contributed by atoms with Gasteiger partial charge in [0.2, 0.25) is 5.95 Å². The Labute approximate surface area is 96.9 Å². The number of nitrogens with zero attached hydrogens (tertiary/aromatic N) is 3. The van der Waals surface area contributed by atoms with E-state index in [2.05, 4.69) is 20.3 Å². The van der Waals surface area contributed by atoms with Crippen LogP contribution >= 0.6 is 0 Å². The summed E-state index contributed by atoms with van der Waals surface area (Å²) in [4.78, 5) is 12.8. The molecule has 0 radical (unpaired) electrons. The fraction of sp³-hybridized carbons (Fsp3) is 0.750. The molecule has 1 N–H and O–H groups in total. The van der Waals surface area contributed by atoms with Crippen LogP contribution in [-0.4, -0.2) is 21.0 Å². The highest BCUT2D eigenvalue weighted by atomic mass is 15.2. The van der Waals surface area contributed by atoms with Gasteiger partial charge >= 0.3 is 0 Å². The first kappa shape index (κ1) is 11.3. The van der Waals surface area contributed by atoms with Gasteiger partial charge in [0.05, 0.1) is 0 Å². The maximum absolute atomic E-state index is 4.33. The van der Waals surface area contributed by atoms with Gasteiger partial charge in [0.1, 0.15) is 11.6 Å². The van der Waals surface area contributed by atoms with Crippen molar-refractivity contribution >= 4 is 5.95 Å². The highest BCUT2D eigenvalue weighted by Gasteiger charge is 2.13. The molecular weight excluding hydrogens is 200 g/mol. The van der Waals surface area contributed by atoms with Crippen LogP contribution in [0.5, 0.6) is 0 Å². The second-order valence-corrected chi connectivity index (χ2v) is 4.59. The topological polar surface area (TPSA) is 50.7 Å². The zero-order chi connectivity index (χ0) is 11.4. The van der Waals surface area contributed by atoms with Gasteiger partial charge in [-0.2, -0.15) is 9.97 Å². The first-order chi connectivity index (χ1) is 7.74. The number of hydrogen-bond acceptors (Lipinski definition) is 4. The molecule has 0 atom stereocenters. The van der Waals surface area contributed by atoms with Gasteiger partial charge in [-0.15, -0.1) is 0 Å². The molecule has 0 amide bonds. The molecule has 0 aromatic carbocycles. The van der Waals surface area contributed by atoms with Crippen molar-refractivity contribution in [2.24, 2.45) is 0 Å². The number of aromatic nitrogens is 3. The van der Waals surface area contributed by atoms with Gasteiger partial charge in [-0.1, -0.05) is 25.7 Å². The Morgan fingerprint density at radius 1 is 0.875 bits per heavy atom. The molecule has 0 saturated heterocycles. The summed E-state index contributed by atoms with van der Waals surface area (Å²) in [7, 11) is 0. The monoisotopic (exact) mass is 220 g/mol. The summed E-state index contributed by atoms with van der Waals surface area (Å²) in [6, 6.07) is 0.545. The predicted molar refractivity (Wildman–Crippen MR) is 64.4 cm³/mol. The highest BCUT2D eigenvalue weighted by molar-refractivity contribution is 5.25. The smallest absolute Gasteiger partial charge is 0.226 e. The summed E-state index contributed by atoms with van der Waals surface area (Å²) in [6.07, 6.45) is 7.86. The molecule has 88 valence electrons. The summed E-state index contributed by atoms with van der Waals surface area (Å²) >= 11 is 0. The average molecular weight is 220 g/mol. The normalized spacial score (nSPS) is 18.1. The van der Waals surface area contributed by atoms with Gasteiger partial charge < -0.3 is 5.32 Å². The van der Waals surface area contributed by atoms with E-state index in [0.717, 1.165) is 17.6 Å². The third kappa shape index (κ3) is 3.15. The van der Waals surface area contributed by atoms with Crippen molar-refractivity contribution in [3.8, 4) is 0 Å². The molecule has 0 aliphatic heterocycles. The maximum atomic E-state index is 4.33. The second-order valence-electron chi connectivity index (χ2n) is 4.59. The molecule has 1 aliphatic rings. The first-order valence-electron chi connectivity index (χ1n) is 6.20. The molecule has 0 spiro atoms. The molecule has 0 unspecified atom stereocenters. The quantitative estimate of drug-likeness (QED) is 0.778. The number of rotatable bonds is 2. The van der Waals surface area contributed by atoms with E-state index >= 15 is 0 Å². The summed E-state index contributed by atoms with van der Waals surface area (Å²) in [5.41, 5.74) is 0. The molecule has 0 bridgehead atoms. The maximum Gasteiger partial charge on any atom is 0.226 e. The zero-order valence-electron chi connectivity index (χ0n) is 10.2. The van der Waals surface area contributed by atoms with Crippen LogP contribution in [0.3, 0.4) is 0 Å². The summed E-state index contributed by atoms with van der Waals surface area (Å²) < 4.78 is 0. The predicted octanol–water partition coefficient (Wildman–Crippen LogP) is 2.62. The van der Waals surface area contributed by atoms with Crippen LogP contribution in [0.15, 0.2) is 0 Å². The fourth-order valence-electron chi connectivity index (χ4n) is 2.29. The first-order valence-corrected chi connectivity index (χ1v) is 6.20. The zero-order valence-corrected chi connectivity index (χ0v) is 10.2.